The number of fused-ring (bicyclic) bond motifs is 4. The molecule has 0 radical (unpaired) electrons. The second-order valence-electron chi connectivity index (χ2n) is 26.4. The van der Waals surface area contributed by atoms with E-state index in [0.29, 0.717) is 134 Å². The third-order valence-corrected chi connectivity index (χ3v) is 18.1. The summed E-state index contributed by atoms with van der Waals surface area (Å²) in [6, 6.07) is 27.3. The van der Waals surface area contributed by atoms with Crippen LogP contribution in [0.4, 0.5) is 75.4 Å². The summed E-state index contributed by atoms with van der Waals surface area (Å²) >= 11 is 0. The van der Waals surface area contributed by atoms with Crippen molar-refractivity contribution < 1.29 is 86.1 Å². The molecule has 8 aromatic carbocycles. The first-order chi connectivity index (χ1) is 54.9. The Morgan fingerprint density at radius 3 is 1.15 bits per heavy atom. The normalized spacial score (nSPS) is 15.1. The van der Waals surface area contributed by atoms with E-state index in [1.807, 2.05) is 4.90 Å². The lowest BCUT2D eigenvalue weighted by Crippen LogP contribution is -2.41. The molecule has 3 fully saturated rings. The predicted molar refractivity (Wildman–Crippen MR) is 405 cm³/mol. The van der Waals surface area contributed by atoms with Crippen LogP contribution >= 0.6 is 0 Å². The van der Waals surface area contributed by atoms with Gasteiger partial charge in [0.1, 0.15) is 23.3 Å². The second kappa shape index (κ2) is 35.4. The molecule has 584 valence electrons. The number of halogens is 12. The Hall–Kier alpha value is -13.2. The number of hydrogen-bond acceptors (Lipinski definition) is 13. The Balaban J connectivity index is 0.000000133. The quantitative estimate of drug-likeness (QED) is 0.0358. The van der Waals surface area contributed by atoms with Crippen LogP contribution in [0.5, 0.6) is 0 Å². The van der Waals surface area contributed by atoms with Crippen molar-refractivity contribution >= 4 is 139 Å². The lowest BCUT2D eigenvalue weighted by Gasteiger charge is -2.25. The number of aromatic amines is 4. The lowest BCUT2D eigenvalue weighted by molar-refractivity contribution is -0.119. The largest absolute Gasteiger partial charge is 0.459 e. The van der Waals surface area contributed by atoms with Crippen LogP contribution in [0.25, 0.3) is 92.2 Å². The van der Waals surface area contributed by atoms with Gasteiger partial charge in [-0.05, 0) is 157 Å². The highest BCUT2D eigenvalue weighted by atomic mass is 19.2. The van der Waals surface area contributed by atoms with Crippen molar-refractivity contribution in [3.8, 4) is 0 Å². The number of furan rings is 1. The summed E-state index contributed by atoms with van der Waals surface area (Å²) in [4.78, 5) is 50.6. The summed E-state index contributed by atoms with van der Waals surface area (Å²) in [7, 11) is 0. The van der Waals surface area contributed by atoms with E-state index in [2.05, 4.69) is 67.4 Å². The minimum atomic E-state index is -0.961. The number of anilines is 4. The molecule has 7 heterocycles. The van der Waals surface area contributed by atoms with Crippen LogP contribution in [0, 0.1) is 75.7 Å². The van der Waals surface area contributed by atoms with Crippen molar-refractivity contribution in [1.82, 2.24) is 51.0 Å². The van der Waals surface area contributed by atoms with Crippen molar-refractivity contribution in [3.05, 3.63) is 260 Å². The zero-order valence-electron chi connectivity index (χ0n) is 59.4. The molecule has 2 aliphatic heterocycles. The average molecular weight is 1570 g/mol. The number of morpholine rings is 1. The predicted octanol–water partition coefficient (Wildman–Crippen LogP) is 16.1. The van der Waals surface area contributed by atoms with Gasteiger partial charge in [0.2, 0.25) is 17.7 Å². The monoisotopic (exact) mass is 1570 g/mol. The number of amides is 4. The SMILES string of the molecule is O=C(CC1CC1)Nc1cc2c(/C=C/c3ccc(F)c(F)c3)n[nH]c2cc1F.O=C(CN1CCOCC1)Nc1cc2c(/C=C/c3ccc(F)c(F)c3)n[nH]c2cc1F.O=C(Nc1cc2c(/C=C/c3ccc(F)c(F)c3)n[nH]c2cc1F)[C@@H]1C[C@@H](O)CN1.O=C(Nc1cc2c(/C=C/c3ccc(F)c(F)c3)n[nH]c2cc1F)c1ccco1. The first kappa shape index (κ1) is 78.9. The first-order valence-electron chi connectivity index (χ1n) is 35.1. The van der Waals surface area contributed by atoms with Crippen LogP contribution in [0.2, 0.25) is 0 Å². The molecule has 114 heavy (non-hydrogen) atoms. The molecular weight excluding hydrogens is 1510 g/mol. The number of benzene rings is 8. The van der Waals surface area contributed by atoms with Crippen LogP contribution in [0.1, 0.15) is 81.3 Å². The van der Waals surface area contributed by atoms with Crippen molar-refractivity contribution in [2.24, 2.45) is 5.92 Å². The molecule has 10 N–H and O–H groups in total. The highest BCUT2D eigenvalue weighted by molar-refractivity contribution is 6.05. The van der Waals surface area contributed by atoms with Crippen molar-refractivity contribution in [3.63, 3.8) is 0 Å². The highest BCUT2D eigenvalue weighted by Crippen LogP contribution is 2.35. The zero-order valence-corrected chi connectivity index (χ0v) is 59.4. The van der Waals surface area contributed by atoms with Crippen molar-refractivity contribution in [2.45, 2.75) is 37.8 Å². The van der Waals surface area contributed by atoms with E-state index in [9.17, 15) is 77.0 Å². The van der Waals surface area contributed by atoms with Crippen molar-refractivity contribution in [2.75, 3.05) is 60.7 Å². The van der Waals surface area contributed by atoms with E-state index in [1.165, 1.54) is 85.1 Å². The number of aliphatic hydroxyl groups is 1. The van der Waals surface area contributed by atoms with Gasteiger partial charge < -0.3 is 40.8 Å². The van der Waals surface area contributed by atoms with Crippen LogP contribution in [0.15, 0.2) is 144 Å². The first-order valence-corrected chi connectivity index (χ1v) is 35.1. The molecule has 13 aromatic rings. The number of hydrogen-bond donors (Lipinski definition) is 10. The van der Waals surface area contributed by atoms with E-state index in [4.69, 9.17) is 9.15 Å². The lowest BCUT2D eigenvalue weighted by atomic mass is 10.1. The van der Waals surface area contributed by atoms with E-state index in [-0.39, 0.29) is 53.3 Å². The van der Waals surface area contributed by atoms with Gasteiger partial charge in [0.05, 0.1) is 106 Å². The number of aliphatic hydroxyl groups excluding tert-OH is 1. The number of nitrogens with one attached hydrogen (secondary N) is 9. The van der Waals surface area contributed by atoms with Gasteiger partial charge in [-0.3, -0.25) is 44.5 Å². The number of rotatable bonds is 18. The highest BCUT2D eigenvalue weighted by Gasteiger charge is 2.30. The fraction of sp³-hybridized carbons (Fsp3) is 0.160. The summed E-state index contributed by atoms with van der Waals surface area (Å²) in [5, 5.41) is 52.1. The molecule has 5 aromatic heterocycles. The molecule has 33 heteroatoms. The maximum atomic E-state index is 14.4. The average Bonchev–Trinajstić information content (AvgIpc) is 1.72. The third kappa shape index (κ3) is 19.9. The Bertz CT molecular complexity index is 5890. The fourth-order valence-electron chi connectivity index (χ4n) is 12.0. The van der Waals surface area contributed by atoms with E-state index < -0.39 is 93.8 Å². The molecule has 1 aliphatic carbocycles. The maximum absolute atomic E-state index is 14.4. The molecule has 2 saturated heterocycles. The zero-order chi connectivity index (χ0) is 80.3. The van der Waals surface area contributed by atoms with Gasteiger partial charge in [-0.2, -0.15) is 20.4 Å². The molecule has 3 aliphatic rings. The third-order valence-electron chi connectivity index (χ3n) is 18.1. The van der Waals surface area contributed by atoms with Gasteiger partial charge >= 0.3 is 0 Å². The van der Waals surface area contributed by atoms with Gasteiger partial charge in [0.25, 0.3) is 5.91 Å². The molecular formula is C81H64F12N14O7. The topological polar surface area (TPSA) is 289 Å². The number of nitrogens with zero attached hydrogens (tertiary/aromatic N) is 5. The van der Waals surface area contributed by atoms with E-state index in [1.54, 1.807) is 54.7 Å². The number of aromatic nitrogens is 8. The Kier molecular flexibility index (Phi) is 24.5. The van der Waals surface area contributed by atoms with Crippen LogP contribution < -0.4 is 26.6 Å². The molecule has 0 spiro atoms. The standard InChI is InChI=1S/C21H19F3N4O2.C20H17F3N4O2.C20H12F3N3O2.C20H16F3N3O/c22-15-3-1-13(9-16(15)23)2-4-18-14-10-20(17(24)11-19(14)27-26-18)25-21(29)12-28-5-7-30-8-6-28;21-13-3-1-10(5-14(13)22)2-4-16-12-7-18(15(23)8-17(12)27-26-16)25-20(29)19-6-11(28)9-24-19;21-13-5-3-11(8-14(13)22)4-6-16-12-9-18(15(23)10-17(12)26-25-16)24-20(27)19-2-1-7-28-19;21-14-5-3-11(7-15(14)22)4-6-17-13-9-19(16(23)10-18(13)26-25-17)24-20(27)8-12-1-2-12/h1-4,9-11H,5-8,12H2,(H,25,29)(H,26,27);1-5,7-8,11,19,24,28H,6,9H2,(H,25,29)(H,26,27);1-10H,(H,24,27)(H,25,26);3-7,9-10,12H,1-2,8H2,(H,24,27)(H,25,26)/b2*4-2+;2*6-4+/t;11-,19+;;/m.1../s1. The summed E-state index contributed by atoms with van der Waals surface area (Å²) in [5.41, 5.74) is 5.45. The van der Waals surface area contributed by atoms with Crippen LogP contribution in [0.3, 0.4) is 0 Å². The van der Waals surface area contributed by atoms with Gasteiger partial charge in [-0.15, -0.1) is 0 Å². The molecule has 21 nitrogen and oxygen atoms in total. The molecule has 0 bridgehead atoms. The van der Waals surface area contributed by atoms with Gasteiger partial charge in [-0.25, -0.2) is 52.7 Å². The van der Waals surface area contributed by atoms with Crippen LogP contribution in [-0.2, 0) is 19.1 Å². The summed E-state index contributed by atoms with van der Waals surface area (Å²) in [6.07, 6.45) is 16.0. The Morgan fingerprint density at radius 1 is 0.439 bits per heavy atom. The van der Waals surface area contributed by atoms with E-state index >= 15 is 0 Å². The number of carbonyl (C=O) groups excluding carboxylic acids is 4. The second-order valence-corrected chi connectivity index (χ2v) is 26.4. The maximum Gasteiger partial charge on any atom is 0.291 e. The van der Waals surface area contributed by atoms with Gasteiger partial charge in [0, 0.05) is 71.9 Å². The Morgan fingerprint density at radius 2 is 0.807 bits per heavy atom. The molecule has 0 unspecified atom stereocenters. The smallest absolute Gasteiger partial charge is 0.291 e. The number of β-amino-alcohol motifs (C(OH)–C–C–N with tert-alkyl or cyclic N) is 1. The fourth-order valence-corrected chi connectivity index (χ4v) is 12.0. The van der Waals surface area contributed by atoms with Crippen LogP contribution in [-0.4, -0.2) is 126 Å². The molecule has 1 saturated carbocycles. The minimum Gasteiger partial charge on any atom is -0.459 e. The molecule has 4 amide bonds. The number of H-pyrrole nitrogens is 4. The van der Waals surface area contributed by atoms with Crippen molar-refractivity contribution in [1.29, 1.82) is 0 Å². The summed E-state index contributed by atoms with van der Waals surface area (Å²) < 4.78 is 173. The summed E-state index contributed by atoms with van der Waals surface area (Å²) in [5.74, 6) is -11.1. The minimum absolute atomic E-state index is 0.0189. The summed E-state index contributed by atoms with van der Waals surface area (Å²) in [6.45, 7) is 2.88. The molecule has 16 rings (SSSR count). The van der Waals surface area contributed by atoms with E-state index in [0.717, 1.165) is 61.4 Å². The van der Waals surface area contributed by atoms with Gasteiger partial charge in [-0.1, -0.05) is 48.6 Å². The number of ether oxygens (including phenoxy) is 1. The Labute approximate surface area is 637 Å². The molecule has 2 atom stereocenters. The van der Waals surface area contributed by atoms with Gasteiger partial charge in [0.15, 0.2) is 52.3 Å². The number of carbonyl (C=O) groups is 4.